The molecule has 0 radical (unpaired) electrons. The third-order valence-corrected chi connectivity index (χ3v) is 5.26. The van der Waals surface area contributed by atoms with Crippen molar-refractivity contribution in [3.05, 3.63) is 84.1 Å². The van der Waals surface area contributed by atoms with Crippen LogP contribution in [0.4, 0.5) is 17.2 Å². The Balaban J connectivity index is 1.83. The number of hydrogen-bond acceptors (Lipinski definition) is 3. The van der Waals surface area contributed by atoms with E-state index >= 15 is 0 Å². The molecule has 1 aromatic heterocycles. The van der Waals surface area contributed by atoms with Gasteiger partial charge in [-0.05, 0) is 55.8 Å². The topological polar surface area (TPSA) is 19.4 Å². The highest BCUT2D eigenvalue weighted by Gasteiger charge is 2.28. The molecule has 4 heteroatoms. The fraction of sp³-hybridized carbons (Fsp3) is 0.174. The Morgan fingerprint density at radius 2 is 1.63 bits per heavy atom. The van der Waals surface area contributed by atoms with Crippen molar-refractivity contribution in [3.8, 4) is 0 Å². The van der Waals surface area contributed by atoms with Crippen LogP contribution in [0.3, 0.4) is 0 Å². The molecule has 0 atom stereocenters. The van der Waals surface area contributed by atoms with Crippen molar-refractivity contribution in [2.24, 2.45) is 0 Å². The molecular weight excluding hydrogens is 329 g/mol. The highest BCUT2D eigenvalue weighted by atomic mass is 15.2. The smallest absolute Gasteiger partial charge is 0.238 e. The lowest BCUT2D eigenvalue weighted by molar-refractivity contribution is 1.12. The van der Waals surface area contributed by atoms with Gasteiger partial charge in [0, 0.05) is 31.7 Å². The third kappa shape index (κ3) is 3.12. The first-order chi connectivity index (χ1) is 13.1. The van der Waals surface area contributed by atoms with Crippen molar-refractivity contribution >= 4 is 34.8 Å². The molecule has 0 saturated carbocycles. The molecule has 2 aromatic carbocycles. The van der Waals surface area contributed by atoms with E-state index in [9.17, 15) is 0 Å². The minimum Gasteiger partial charge on any atom is -0.378 e. The number of pyridine rings is 1. The highest BCUT2D eigenvalue weighted by molar-refractivity contribution is 6.91. The van der Waals surface area contributed by atoms with Crippen molar-refractivity contribution in [1.82, 2.24) is 4.98 Å². The predicted molar refractivity (Wildman–Crippen MR) is 117 cm³/mol. The SMILES string of the molecule is Cc1cc(N(C)C)cc(C)c1B1C=CN(c2ccccn2)c2ccccc21. The van der Waals surface area contributed by atoms with Gasteiger partial charge >= 0.3 is 0 Å². The van der Waals surface area contributed by atoms with Gasteiger partial charge in [0.15, 0.2) is 0 Å². The summed E-state index contributed by atoms with van der Waals surface area (Å²) >= 11 is 0. The number of rotatable bonds is 3. The van der Waals surface area contributed by atoms with E-state index in [1.165, 1.54) is 33.4 Å². The molecule has 3 aromatic rings. The van der Waals surface area contributed by atoms with Crippen molar-refractivity contribution in [2.75, 3.05) is 23.9 Å². The molecule has 0 amide bonds. The van der Waals surface area contributed by atoms with E-state index < -0.39 is 0 Å². The van der Waals surface area contributed by atoms with Gasteiger partial charge in [0.2, 0.25) is 6.71 Å². The van der Waals surface area contributed by atoms with E-state index in [1.54, 1.807) is 0 Å². The largest absolute Gasteiger partial charge is 0.378 e. The Hall–Kier alpha value is -3.01. The molecule has 134 valence electrons. The van der Waals surface area contributed by atoms with Crippen molar-refractivity contribution in [3.63, 3.8) is 0 Å². The third-order valence-electron chi connectivity index (χ3n) is 5.26. The molecule has 4 rings (SSSR count). The first-order valence-corrected chi connectivity index (χ1v) is 9.32. The Morgan fingerprint density at radius 1 is 0.926 bits per heavy atom. The molecule has 3 nitrogen and oxygen atoms in total. The summed E-state index contributed by atoms with van der Waals surface area (Å²) in [5.74, 6) is 3.23. The number of para-hydroxylation sites is 1. The van der Waals surface area contributed by atoms with Crippen LogP contribution in [0.1, 0.15) is 11.1 Å². The van der Waals surface area contributed by atoms with E-state index in [0.29, 0.717) is 0 Å². The highest BCUT2D eigenvalue weighted by Crippen LogP contribution is 2.26. The van der Waals surface area contributed by atoms with Gasteiger partial charge in [-0.25, -0.2) is 4.98 Å². The van der Waals surface area contributed by atoms with Gasteiger partial charge in [-0.3, -0.25) is 0 Å². The summed E-state index contributed by atoms with van der Waals surface area (Å²) in [6.07, 6.45) is 4.00. The maximum Gasteiger partial charge on any atom is 0.238 e. The maximum atomic E-state index is 4.53. The van der Waals surface area contributed by atoms with Crippen molar-refractivity contribution in [1.29, 1.82) is 0 Å². The average molecular weight is 353 g/mol. The van der Waals surface area contributed by atoms with Crippen LogP contribution in [0.2, 0.25) is 0 Å². The molecule has 0 unspecified atom stereocenters. The van der Waals surface area contributed by atoms with E-state index in [0.717, 1.165) is 5.82 Å². The summed E-state index contributed by atoms with van der Waals surface area (Å²) in [6, 6.07) is 19.2. The predicted octanol–water partition coefficient (Wildman–Crippen LogP) is 3.58. The maximum absolute atomic E-state index is 4.53. The van der Waals surface area contributed by atoms with Crippen LogP contribution in [-0.4, -0.2) is 25.8 Å². The zero-order valence-corrected chi connectivity index (χ0v) is 16.3. The van der Waals surface area contributed by atoms with Crippen molar-refractivity contribution < 1.29 is 0 Å². The zero-order valence-electron chi connectivity index (χ0n) is 16.3. The second kappa shape index (κ2) is 6.95. The average Bonchev–Trinajstić information content (AvgIpc) is 2.68. The monoisotopic (exact) mass is 353 g/mol. The molecule has 0 bridgehead atoms. The van der Waals surface area contributed by atoms with E-state index in [2.05, 4.69) is 91.3 Å². The number of nitrogens with zero attached hydrogens (tertiary/aromatic N) is 3. The van der Waals surface area contributed by atoms with Crippen LogP contribution in [0.15, 0.2) is 73.0 Å². The quantitative estimate of drug-likeness (QED) is 0.671. The first-order valence-electron chi connectivity index (χ1n) is 9.32. The molecule has 1 aliphatic heterocycles. The summed E-state index contributed by atoms with van der Waals surface area (Å²) in [4.78, 5) is 8.87. The molecule has 0 fully saturated rings. The molecule has 27 heavy (non-hydrogen) atoms. The van der Waals surface area contributed by atoms with Gasteiger partial charge in [-0.2, -0.15) is 0 Å². The lowest BCUT2D eigenvalue weighted by atomic mass is 9.38. The molecule has 0 spiro atoms. The number of aryl methyl sites for hydroxylation is 2. The molecule has 0 N–H and O–H groups in total. The molecule has 0 aliphatic carbocycles. The lowest BCUT2D eigenvalue weighted by Crippen LogP contribution is -2.48. The van der Waals surface area contributed by atoms with Gasteiger partial charge < -0.3 is 9.80 Å². The van der Waals surface area contributed by atoms with Crippen LogP contribution in [0.25, 0.3) is 0 Å². The fourth-order valence-electron chi connectivity index (χ4n) is 3.97. The number of fused-ring (bicyclic) bond motifs is 1. The molecule has 0 saturated heterocycles. The lowest BCUT2D eigenvalue weighted by Gasteiger charge is -2.30. The van der Waals surface area contributed by atoms with Crippen LogP contribution in [-0.2, 0) is 0 Å². The summed E-state index contributed by atoms with van der Waals surface area (Å²) in [7, 11) is 4.18. The second-order valence-corrected chi connectivity index (χ2v) is 7.32. The Morgan fingerprint density at radius 3 is 2.30 bits per heavy atom. The molecule has 2 heterocycles. The fourth-order valence-corrected chi connectivity index (χ4v) is 3.97. The van der Waals surface area contributed by atoms with Gasteiger partial charge in [-0.15, -0.1) is 0 Å². The van der Waals surface area contributed by atoms with E-state index in [-0.39, 0.29) is 6.71 Å². The minimum absolute atomic E-state index is 0.248. The van der Waals surface area contributed by atoms with Gasteiger partial charge in [-0.1, -0.05) is 46.8 Å². The Kier molecular flexibility index (Phi) is 4.48. The number of anilines is 3. The summed E-state index contributed by atoms with van der Waals surface area (Å²) in [6.45, 7) is 4.69. The Bertz CT molecular complexity index is 973. The zero-order chi connectivity index (χ0) is 19.0. The molecule has 1 aliphatic rings. The first kappa shape index (κ1) is 17.4. The minimum atomic E-state index is 0.248. The summed E-state index contributed by atoms with van der Waals surface area (Å²) in [5, 5.41) is 0. The number of aromatic nitrogens is 1. The van der Waals surface area contributed by atoms with Gasteiger partial charge in [0.1, 0.15) is 5.82 Å². The van der Waals surface area contributed by atoms with Crippen LogP contribution < -0.4 is 20.7 Å². The van der Waals surface area contributed by atoms with Gasteiger partial charge in [0.05, 0.1) is 0 Å². The standard InChI is InChI=1S/C23H24BN3/c1-17-15-19(26(3)4)16-18(2)23(17)24-12-14-27(22-11-7-8-13-25-22)21-10-6-5-9-20(21)24/h5-16H,1-4H3. The van der Waals surface area contributed by atoms with Crippen LogP contribution in [0.5, 0.6) is 0 Å². The number of benzene rings is 2. The number of hydrogen-bond donors (Lipinski definition) is 0. The van der Waals surface area contributed by atoms with E-state index in [4.69, 9.17) is 0 Å². The second-order valence-electron chi connectivity index (χ2n) is 7.32. The molecular formula is C23H24BN3. The van der Waals surface area contributed by atoms with Crippen LogP contribution in [0, 0.1) is 13.8 Å². The Labute approximate surface area is 162 Å². The summed E-state index contributed by atoms with van der Waals surface area (Å²) in [5.41, 5.74) is 7.81. The van der Waals surface area contributed by atoms with Crippen molar-refractivity contribution in [2.45, 2.75) is 13.8 Å². The summed E-state index contributed by atoms with van der Waals surface area (Å²) < 4.78 is 0. The van der Waals surface area contributed by atoms with Crippen LogP contribution >= 0.6 is 0 Å². The van der Waals surface area contributed by atoms with Gasteiger partial charge in [0.25, 0.3) is 0 Å². The van der Waals surface area contributed by atoms with E-state index in [1.807, 2.05) is 24.4 Å². The normalized spacial score (nSPS) is 12.9.